The molecule has 1 aliphatic rings. The van der Waals surface area contributed by atoms with Gasteiger partial charge in [-0.05, 0) is 49.8 Å². The van der Waals surface area contributed by atoms with E-state index in [1.54, 1.807) is 11.3 Å². The molecule has 2 N–H and O–H groups in total. The molecule has 2 heterocycles. The maximum Gasteiger partial charge on any atom is 0.124 e. The molecule has 1 aromatic heterocycles. The molecule has 1 aromatic carbocycles. The Kier molecular flexibility index (Phi) is 4.52. The molecule has 3 nitrogen and oxygen atoms in total. The fourth-order valence-corrected chi connectivity index (χ4v) is 3.67. The first-order valence-corrected chi connectivity index (χ1v) is 8.67. The molecular formula is C18H23NO2S. The lowest BCUT2D eigenvalue weighted by Crippen LogP contribution is -2.36. The largest absolute Gasteiger partial charge is 0.493 e. The zero-order valence-electron chi connectivity index (χ0n) is 13.1. The second-order valence-corrected chi connectivity index (χ2v) is 7.16. The Morgan fingerprint density at radius 2 is 2.27 bits per heavy atom. The van der Waals surface area contributed by atoms with E-state index >= 15 is 0 Å². The Balaban J connectivity index is 1.75. The SMILES string of the molecule is Cc1ccc2c(c1)OCCCC2NCC(C)(O)c1cccs1. The number of nitrogens with one attached hydrogen (secondary N) is 1. The van der Waals surface area contributed by atoms with Crippen molar-refractivity contribution >= 4 is 11.3 Å². The van der Waals surface area contributed by atoms with Crippen molar-refractivity contribution in [1.29, 1.82) is 0 Å². The van der Waals surface area contributed by atoms with Crippen LogP contribution in [0.2, 0.25) is 0 Å². The molecule has 0 fully saturated rings. The van der Waals surface area contributed by atoms with Crippen molar-refractivity contribution in [2.75, 3.05) is 13.2 Å². The molecule has 0 aliphatic carbocycles. The predicted molar refractivity (Wildman–Crippen MR) is 90.5 cm³/mol. The number of aryl methyl sites for hydroxylation is 1. The first-order valence-electron chi connectivity index (χ1n) is 7.79. The van der Waals surface area contributed by atoms with Gasteiger partial charge in [0.1, 0.15) is 11.4 Å². The molecule has 0 bridgehead atoms. The van der Waals surface area contributed by atoms with E-state index in [9.17, 15) is 5.11 Å². The van der Waals surface area contributed by atoms with Gasteiger partial charge in [-0.15, -0.1) is 11.3 Å². The van der Waals surface area contributed by atoms with Gasteiger partial charge in [0.2, 0.25) is 0 Å². The number of aliphatic hydroxyl groups is 1. The molecule has 0 saturated carbocycles. The minimum Gasteiger partial charge on any atom is -0.493 e. The molecule has 2 unspecified atom stereocenters. The van der Waals surface area contributed by atoms with Crippen LogP contribution in [0.5, 0.6) is 5.75 Å². The molecule has 1 aliphatic heterocycles. The van der Waals surface area contributed by atoms with Gasteiger partial charge in [-0.2, -0.15) is 0 Å². The van der Waals surface area contributed by atoms with Gasteiger partial charge in [0.05, 0.1) is 6.61 Å². The molecule has 118 valence electrons. The minimum atomic E-state index is -0.841. The van der Waals surface area contributed by atoms with Gasteiger partial charge in [0.15, 0.2) is 0 Å². The monoisotopic (exact) mass is 317 g/mol. The number of benzene rings is 1. The number of hydrogen-bond donors (Lipinski definition) is 2. The molecule has 2 atom stereocenters. The Morgan fingerprint density at radius 1 is 1.41 bits per heavy atom. The molecule has 0 saturated heterocycles. The van der Waals surface area contributed by atoms with E-state index in [0.29, 0.717) is 6.54 Å². The summed E-state index contributed by atoms with van der Waals surface area (Å²) >= 11 is 1.59. The van der Waals surface area contributed by atoms with Gasteiger partial charge in [0.25, 0.3) is 0 Å². The predicted octanol–water partition coefficient (Wildman–Crippen LogP) is 3.77. The Labute approximate surface area is 136 Å². The lowest BCUT2D eigenvalue weighted by molar-refractivity contribution is 0.0571. The molecule has 3 rings (SSSR count). The summed E-state index contributed by atoms with van der Waals surface area (Å²) in [4.78, 5) is 0.994. The Hall–Kier alpha value is -1.36. The van der Waals surface area contributed by atoms with E-state index < -0.39 is 5.60 Å². The third kappa shape index (κ3) is 3.35. The summed E-state index contributed by atoms with van der Waals surface area (Å²) in [7, 11) is 0. The molecule has 4 heteroatoms. The summed E-state index contributed by atoms with van der Waals surface area (Å²) in [5.41, 5.74) is 1.57. The summed E-state index contributed by atoms with van der Waals surface area (Å²) in [6.45, 7) is 5.25. The quantitative estimate of drug-likeness (QED) is 0.902. The summed E-state index contributed by atoms with van der Waals surface area (Å²) in [5.74, 6) is 0.978. The van der Waals surface area contributed by atoms with Gasteiger partial charge in [-0.25, -0.2) is 0 Å². The van der Waals surface area contributed by atoms with E-state index in [4.69, 9.17) is 4.74 Å². The second kappa shape index (κ2) is 6.41. The van der Waals surface area contributed by atoms with Crippen molar-refractivity contribution in [2.45, 2.75) is 38.3 Å². The fraction of sp³-hybridized carbons (Fsp3) is 0.444. The first kappa shape index (κ1) is 15.5. The maximum atomic E-state index is 10.7. The van der Waals surface area contributed by atoms with Gasteiger partial charge in [-0.1, -0.05) is 18.2 Å². The maximum absolute atomic E-state index is 10.7. The fourth-order valence-electron chi connectivity index (χ4n) is 2.89. The number of ether oxygens (including phenoxy) is 1. The summed E-state index contributed by atoms with van der Waals surface area (Å²) in [6.07, 6.45) is 2.04. The van der Waals surface area contributed by atoms with Crippen LogP contribution in [0.25, 0.3) is 0 Å². The van der Waals surface area contributed by atoms with Gasteiger partial charge < -0.3 is 15.2 Å². The normalized spacial score (nSPS) is 20.6. The summed E-state index contributed by atoms with van der Waals surface area (Å²) < 4.78 is 5.86. The van der Waals surface area contributed by atoms with Crippen LogP contribution >= 0.6 is 11.3 Å². The van der Waals surface area contributed by atoms with E-state index in [1.807, 2.05) is 24.4 Å². The molecule has 2 aromatic rings. The summed E-state index contributed by atoms with van der Waals surface area (Å²) in [6, 6.07) is 10.6. The van der Waals surface area contributed by atoms with Crippen molar-refractivity contribution in [3.05, 3.63) is 51.7 Å². The lowest BCUT2D eigenvalue weighted by atomic mass is 9.98. The third-order valence-electron chi connectivity index (χ3n) is 4.18. The van der Waals surface area contributed by atoms with Crippen LogP contribution in [0.1, 0.15) is 41.8 Å². The highest BCUT2D eigenvalue weighted by atomic mass is 32.1. The summed E-state index contributed by atoms with van der Waals surface area (Å²) in [5, 5.41) is 16.2. The minimum absolute atomic E-state index is 0.226. The molecule has 0 radical (unpaired) electrons. The smallest absolute Gasteiger partial charge is 0.124 e. The van der Waals surface area contributed by atoms with E-state index in [2.05, 4.69) is 30.4 Å². The van der Waals surface area contributed by atoms with Crippen molar-refractivity contribution < 1.29 is 9.84 Å². The first-order chi connectivity index (χ1) is 10.6. The second-order valence-electron chi connectivity index (χ2n) is 6.22. The lowest BCUT2D eigenvalue weighted by Gasteiger charge is -2.26. The molecule has 0 amide bonds. The topological polar surface area (TPSA) is 41.5 Å². The standard InChI is InChI=1S/C18H23NO2S/c1-13-7-8-14-15(5-3-9-21-16(14)11-13)19-12-18(2,20)17-6-4-10-22-17/h4,6-8,10-11,15,19-20H,3,5,9,12H2,1-2H3. The number of thiophene rings is 1. The van der Waals surface area contributed by atoms with Crippen LogP contribution in [0.4, 0.5) is 0 Å². The average molecular weight is 317 g/mol. The molecule has 22 heavy (non-hydrogen) atoms. The van der Waals surface area contributed by atoms with Crippen LogP contribution in [0.15, 0.2) is 35.7 Å². The Bertz CT molecular complexity index is 622. The number of hydrogen-bond acceptors (Lipinski definition) is 4. The van der Waals surface area contributed by atoms with Crippen LogP contribution in [-0.2, 0) is 5.60 Å². The van der Waals surface area contributed by atoms with Crippen molar-refractivity contribution in [1.82, 2.24) is 5.32 Å². The molecule has 0 spiro atoms. The average Bonchev–Trinajstić information content (AvgIpc) is 2.95. The Morgan fingerprint density at radius 3 is 3.05 bits per heavy atom. The number of rotatable bonds is 4. The van der Waals surface area contributed by atoms with Crippen molar-refractivity contribution in [3.8, 4) is 5.75 Å². The van der Waals surface area contributed by atoms with Crippen molar-refractivity contribution in [3.63, 3.8) is 0 Å². The molecular weight excluding hydrogens is 294 g/mol. The van der Waals surface area contributed by atoms with E-state index in [0.717, 1.165) is 30.1 Å². The van der Waals surface area contributed by atoms with Crippen LogP contribution < -0.4 is 10.1 Å². The van der Waals surface area contributed by atoms with Gasteiger partial charge in [0, 0.05) is 23.0 Å². The van der Waals surface area contributed by atoms with Gasteiger partial charge in [-0.3, -0.25) is 0 Å². The zero-order valence-corrected chi connectivity index (χ0v) is 14.0. The van der Waals surface area contributed by atoms with E-state index in [1.165, 1.54) is 11.1 Å². The van der Waals surface area contributed by atoms with Crippen molar-refractivity contribution in [2.24, 2.45) is 0 Å². The highest BCUT2D eigenvalue weighted by Crippen LogP contribution is 2.33. The van der Waals surface area contributed by atoms with Crippen LogP contribution in [-0.4, -0.2) is 18.3 Å². The highest BCUT2D eigenvalue weighted by Gasteiger charge is 2.27. The van der Waals surface area contributed by atoms with E-state index in [-0.39, 0.29) is 6.04 Å². The third-order valence-corrected chi connectivity index (χ3v) is 5.31. The zero-order chi connectivity index (χ0) is 15.6. The van der Waals surface area contributed by atoms with Crippen LogP contribution in [0.3, 0.4) is 0 Å². The van der Waals surface area contributed by atoms with Gasteiger partial charge >= 0.3 is 0 Å². The van der Waals surface area contributed by atoms with Crippen LogP contribution in [0, 0.1) is 6.92 Å². The highest BCUT2D eigenvalue weighted by molar-refractivity contribution is 7.10. The number of fused-ring (bicyclic) bond motifs is 1.